The average molecular weight is 583 g/mol. The summed E-state index contributed by atoms with van der Waals surface area (Å²) < 4.78 is 2.06. The average Bonchev–Trinajstić information content (AvgIpc) is 2.99. The van der Waals surface area contributed by atoms with Gasteiger partial charge in [-0.1, -0.05) is 49.9 Å². The molecule has 230 valence electrons. The number of hydrogen-bond donors (Lipinski definition) is 2. The van der Waals surface area contributed by atoms with Gasteiger partial charge < -0.3 is 19.6 Å². The largest absolute Gasteiger partial charge is 0.318 e. The highest BCUT2D eigenvalue weighted by Gasteiger charge is 2.31. The van der Waals surface area contributed by atoms with Gasteiger partial charge in [0.2, 0.25) is 0 Å². The maximum atomic E-state index is 11.2. The quantitative estimate of drug-likeness (QED) is 0.115. The van der Waals surface area contributed by atoms with Crippen LogP contribution in [0, 0.1) is 20.2 Å². The van der Waals surface area contributed by atoms with E-state index >= 15 is 0 Å². The van der Waals surface area contributed by atoms with Gasteiger partial charge >= 0.3 is 0 Å². The number of nitrogens with one attached hydrogen (secondary N) is 2. The molecule has 4 rings (SSSR count). The molecule has 0 unspecified atom stereocenters. The maximum absolute atomic E-state index is 11.2. The van der Waals surface area contributed by atoms with Crippen LogP contribution in [0.1, 0.15) is 62.5 Å². The fourth-order valence-electron chi connectivity index (χ4n) is 6.93. The molecule has 2 saturated heterocycles. The van der Waals surface area contributed by atoms with Crippen molar-refractivity contribution in [3.63, 3.8) is 0 Å². The zero-order chi connectivity index (χ0) is 29.7. The van der Waals surface area contributed by atoms with Crippen molar-refractivity contribution in [3.8, 4) is 0 Å². The van der Waals surface area contributed by atoms with Crippen molar-refractivity contribution in [2.75, 3.05) is 65.4 Å². The third kappa shape index (κ3) is 9.83. The van der Waals surface area contributed by atoms with Crippen molar-refractivity contribution in [1.29, 1.82) is 0 Å². The molecule has 2 aromatic rings. The van der Waals surface area contributed by atoms with Crippen LogP contribution in [0.5, 0.6) is 0 Å². The number of rotatable bonds is 17. The van der Waals surface area contributed by atoms with E-state index in [0.717, 1.165) is 98.6 Å². The monoisotopic (exact) mass is 582 g/mol. The summed E-state index contributed by atoms with van der Waals surface area (Å²) in [4.78, 5) is 21.9. The lowest BCUT2D eigenvalue weighted by Crippen LogP contribution is -2.58. The topological polar surface area (TPSA) is 110 Å². The van der Waals surface area contributed by atoms with Gasteiger partial charge in [0.25, 0.3) is 11.4 Å². The number of piperazine rings is 2. The zero-order valence-electron chi connectivity index (χ0n) is 25.2. The highest BCUT2D eigenvalue weighted by molar-refractivity contribution is 5.34. The molecular formula is C32H50N6O4+2. The number of benzene rings is 2. The zero-order valence-corrected chi connectivity index (χ0v) is 25.2. The van der Waals surface area contributed by atoms with E-state index in [4.69, 9.17) is 0 Å². The number of non-ortho nitro benzene ring substituents is 2. The lowest BCUT2D eigenvalue weighted by Gasteiger charge is -2.42. The van der Waals surface area contributed by atoms with Gasteiger partial charge in [-0.25, -0.2) is 0 Å². The van der Waals surface area contributed by atoms with Crippen molar-refractivity contribution >= 4 is 11.4 Å². The van der Waals surface area contributed by atoms with Crippen LogP contribution in [0.4, 0.5) is 11.4 Å². The first-order valence-electron chi connectivity index (χ1n) is 16.0. The molecule has 0 aliphatic carbocycles. The fourth-order valence-corrected chi connectivity index (χ4v) is 6.93. The molecule has 2 aliphatic heterocycles. The number of hydrogen-bond acceptors (Lipinski definition) is 6. The second-order valence-corrected chi connectivity index (χ2v) is 12.5. The van der Waals surface area contributed by atoms with Gasteiger partial charge in [-0.15, -0.1) is 0 Å². The predicted molar refractivity (Wildman–Crippen MR) is 166 cm³/mol. The molecule has 0 bridgehead atoms. The van der Waals surface area contributed by atoms with E-state index in [-0.39, 0.29) is 21.2 Å². The third-order valence-electron chi connectivity index (χ3n) is 9.35. The van der Waals surface area contributed by atoms with Crippen molar-refractivity contribution < 1.29 is 18.8 Å². The van der Waals surface area contributed by atoms with E-state index in [2.05, 4.69) is 10.6 Å². The number of nitro groups is 2. The van der Waals surface area contributed by atoms with Crippen molar-refractivity contribution in [3.05, 3.63) is 79.9 Å². The second kappa shape index (κ2) is 16.1. The van der Waals surface area contributed by atoms with Crippen LogP contribution in [0.3, 0.4) is 0 Å². The molecule has 0 radical (unpaired) electrons. The van der Waals surface area contributed by atoms with E-state index in [1.165, 1.54) is 51.4 Å². The summed E-state index contributed by atoms with van der Waals surface area (Å²) in [5, 5.41) is 29.4. The van der Waals surface area contributed by atoms with Crippen LogP contribution in [0.2, 0.25) is 0 Å². The molecule has 2 fully saturated rings. The van der Waals surface area contributed by atoms with E-state index in [1.54, 1.807) is 24.3 Å². The molecule has 10 heteroatoms. The van der Waals surface area contributed by atoms with E-state index < -0.39 is 0 Å². The Hall–Kier alpha value is -2.92. The predicted octanol–water partition coefficient (Wildman–Crippen LogP) is 5.16. The van der Waals surface area contributed by atoms with Gasteiger partial charge in [0.1, 0.15) is 13.1 Å². The standard InChI is InChI=1S/C32H50N6O4/c39-35(40)31-13-9-11-29(25-31)27-37(21-15-33-16-22-37)19-7-5-3-1-2-4-6-8-20-38(23-17-34-18-24-38)28-30-12-10-14-32(26-30)36(41)42/h9-14,25-26,33-34H,1-8,15-24,27-28H2/q+2. The van der Waals surface area contributed by atoms with E-state index in [1.807, 2.05) is 24.3 Å². The molecule has 0 aromatic heterocycles. The van der Waals surface area contributed by atoms with Gasteiger partial charge in [0, 0.05) is 61.6 Å². The van der Waals surface area contributed by atoms with Gasteiger partial charge in [0.05, 0.1) is 49.1 Å². The van der Waals surface area contributed by atoms with Crippen LogP contribution < -0.4 is 10.6 Å². The number of unbranched alkanes of at least 4 members (excludes halogenated alkanes) is 7. The third-order valence-corrected chi connectivity index (χ3v) is 9.35. The molecule has 0 amide bonds. The van der Waals surface area contributed by atoms with Crippen LogP contribution in [-0.4, -0.2) is 84.3 Å². The number of quaternary nitrogens is 2. The van der Waals surface area contributed by atoms with E-state index in [0.29, 0.717) is 0 Å². The molecule has 0 spiro atoms. The Morgan fingerprint density at radius 2 is 0.929 bits per heavy atom. The minimum atomic E-state index is -0.295. The van der Waals surface area contributed by atoms with Gasteiger partial charge in [-0.3, -0.25) is 20.2 Å². The molecule has 2 heterocycles. The summed E-state index contributed by atoms with van der Waals surface area (Å²) in [6.45, 7) is 12.4. The second-order valence-electron chi connectivity index (χ2n) is 12.5. The van der Waals surface area contributed by atoms with E-state index in [9.17, 15) is 20.2 Å². The van der Waals surface area contributed by atoms with Crippen molar-refractivity contribution in [2.45, 2.75) is 64.5 Å². The Labute approximate surface area is 250 Å². The van der Waals surface area contributed by atoms with Crippen molar-refractivity contribution in [2.24, 2.45) is 0 Å². The van der Waals surface area contributed by atoms with Gasteiger partial charge in [0.15, 0.2) is 0 Å². The Morgan fingerprint density at radius 1 is 0.571 bits per heavy atom. The lowest BCUT2D eigenvalue weighted by atomic mass is 10.1. The minimum absolute atomic E-state index is 0.188. The Morgan fingerprint density at radius 3 is 1.29 bits per heavy atom. The van der Waals surface area contributed by atoms with Crippen molar-refractivity contribution in [1.82, 2.24) is 10.6 Å². The van der Waals surface area contributed by atoms with Crippen LogP contribution in [-0.2, 0) is 13.1 Å². The summed E-state index contributed by atoms with van der Waals surface area (Å²) >= 11 is 0. The molecular weight excluding hydrogens is 532 g/mol. The summed E-state index contributed by atoms with van der Waals surface area (Å²) in [5.41, 5.74) is 2.52. The summed E-state index contributed by atoms with van der Waals surface area (Å²) in [6.07, 6.45) is 10.0. The molecule has 0 atom stereocenters. The first-order chi connectivity index (χ1) is 20.4. The normalized spacial score (nSPS) is 18.0. The fraction of sp³-hybridized carbons (Fsp3) is 0.625. The Kier molecular flexibility index (Phi) is 12.2. The summed E-state index contributed by atoms with van der Waals surface area (Å²) in [7, 11) is 0. The molecule has 42 heavy (non-hydrogen) atoms. The van der Waals surface area contributed by atoms with Crippen LogP contribution in [0.25, 0.3) is 0 Å². The highest BCUT2D eigenvalue weighted by Crippen LogP contribution is 2.23. The lowest BCUT2D eigenvalue weighted by molar-refractivity contribution is -0.942. The smallest absolute Gasteiger partial charge is 0.269 e. The minimum Gasteiger partial charge on any atom is -0.318 e. The Balaban J connectivity index is 1.13. The van der Waals surface area contributed by atoms with Gasteiger partial charge in [-0.05, 0) is 25.7 Å². The molecule has 0 saturated carbocycles. The summed E-state index contributed by atoms with van der Waals surface area (Å²) in [5.74, 6) is 0. The summed E-state index contributed by atoms with van der Waals surface area (Å²) in [6, 6.07) is 14.4. The molecule has 2 aromatic carbocycles. The number of nitro benzene ring substituents is 2. The molecule has 2 aliphatic rings. The van der Waals surface area contributed by atoms with Gasteiger partial charge in [-0.2, -0.15) is 0 Å². The maximum Gasteiger partial charge on any atom is 0.269 e. The SMILES string of the molecule is O=[N+]([O-])c1cccc(C[N+]2(CCCCCCCCCC[N+]3(Cc4cccc([N+](=O)[O-])c4)CCNCC3)CCNCC2)c1. The van der Waals surface area contributed by atoms with Crippen LogP contribution >= 0.6 is 0 Å². The van der Waals surface area contributed by atoms with Crippen LogP contribution in [0.15, 0.2) is 48.5 Å². The molecule has 10 nitrogen and oxygen atoms in total. The number of nitrogens with zero attached hydrogens (tertiary/aromatic N) is 4. The highest BCUT2D eigenvalue weighted by atomic mass is 16.6. The first-order valence-corrected chi connectivity index (χ1v) is 16.0. The molecule has 2 N–H and O–H groups in total. The first kappa shape index (κ1) is 32.0. The Bertz CT molecular complexity index is 1060.